The summed E-state index contributed by atoms with van der Waals surface area (Å²) in [7, 11) is -1.13. The predicted octanol–water partition coefficient (Wildman–Crippen LogP) is 0.537. The first-order chi connectivity index (χ1) is 3.13. The molecule has 0 bridgehead atoms. The fourth-order valence-electron chi connectivity index (χ4n) is 0.422. The Balaban J connectivity index is 0. The van der Waals surface area contributed by atoms with Gasteiger partial charge in [-0.2, -0.15) is 0 Å². The molecule has 0 aliphatic heterocycles. The first kappa shape index (κ1) is 11.1. The Morgan fingerprint density at radius 1 is 1.38 bits per heavy atom. The van der Waals surface area contributed by atoms with Crippen molar-refractivity contribution in [2.24, 2.45) is 5.92 Å². The summed E-state index contributed by atoms with van der Waals surface area (Å²) in [6.07, 6.45) is 0.472. The fraction of sp³-hybridized carbons (Fsp3) is 1.00. The Labute approximate surface area is 56.5 Å². The van der Waals surface area contributed by atoms with E-state index < -0.39 is 7.12 Å². The number of hydrogen-bond acceptors (Lipinski definition) is 2. The van der Waals surface area contributed by atoms with Crippen LogP contribution < -0.4 is 0 Å². The van der Waals surface area contributed by atoms with E-state index in [4.69, 9.17) is 10.0 Å². The van der Waals surface area contributed by atoms with Crippen molar-refractivity contribution in [2.75, 3.05) is 0 Å². The summed E-state index contributed by atoms with van der Waals surface area (Å²) in [5, 5.41) is 16.6. The van der Waals surface area contributed by atoms with Gasteiger partial charge in [-0.1, -0.05) is 13.8 Å². The van der Waals surface area contributed by atoms with Crippen LogP contribution in [-0.2, 0) is 0 Å². The quantitative estimate of drug-likeness (QED) is 0.547. The molecular weight excluding hydrogens is 126 g/mol. The molecule has 0 rings (SSSR count). The Kier molecular flexibility index (Phi) is 7.52. The van der Waals surface area contributed by atoms with Gasteiger partial charge in [0.2, 0.25) is 0 Å². The summed E-state index contributed by atoms with van der Waals surface area (Å²) in [4.78, 5) is 0. The van der Waals surface area contributed by atoms with Crippen LogP contribution in [0, 0.1) is 5.92 Å². The van der Waals surface area contributed by atoms with E-state index in [-0.39, 0.29) is 12.4 Å². The summed E-state index contributed by atoms with van der Waals surface area (Å²) in [5.41, 5.74) is 0. The van der Waals surface area contributed by atoms with Crippen LogP contribution in [0.25, 0.3) is 0 Å². The first-order valence-electron chi connectivity index (χ1n) is 2.49. The molecule has 0 spiro atoms. The SMILES string of the molecule is CC(C)CB(O)O.Cl. The molecule has 0 heterocycles. The van der Waals surface area contributed by atoms with Gasteiger partial charge >= 0.3 is 7.12 Å². The maximum Gasteiger partial charge on any atom is 0.451 e. The van der Waals surface area contributed by atoms with E-state index in [0.717, 1.165) is 0 Å². The van der Waals surface area contributed by atoms with Gasteiger partial charge in [0.25, 0.3) is 0 Å². The smallest absolute Gasteiger partial charge is 0.427 e. The highest BCUT2D eigenvalue weighted by Crippen LogP contribution is 1.99. The molecule has 0 aromatic rings. The first-order valence-corrected chi connectivity index (χ1v) is 2.49. The van der Waals surface area contributed by atoms with Crippen LogP contribution in [0.3, 0.4) is 0 Å². The molecule has 0 fully saturated rings. The highest BCUT2D eigenvalue weighted by molar-refractivity contribution is 6.41. The Morgan fingerprint density at radius 2 is 1.75 bits per heavy atom. The Hall–Kier alpha value is 0.275. The van der Waals surface area contributed by atoms with Crippen molar-refractivity contribution in [2.45, 2.75) is 20.2 Å². The zero-order chi connectivity index (χ0) is 5.86. The molecule has 0 atom stereocenters. The van der Waals surface area contributed by atoms with Crippen molar-refractivity contribution in [1.82, 2.24) is 0 Å². The highest BCUT2D eigenvalue weighted by atomic mass is 35.5. The van der Waals surface area contributed by atoms with Gasteiger partial charge in [0, 0.05) is 0 Å². The molecule has 0 aromatic carbocycles. The van der Waals surface area contributed by atoms with Crippen molar-refractivity contribution in [1.29, 1.82) is 0 Å². The lowest BCUT2D eigenvalue weighted by Crippen LogP contribution is -2.12. The molecule has 0 saturated heterocycles. The maximum absolute atomic E-state index is 8.28. The molecule has 2 N–H and O–H groups in total. The van der Waals surface area contributed by atoms with E-state index in [1.165, 1.54) is 0 Å². The van der Waals surface area contributed by atoms with Crippen molar-refractivity contribution in [3.05, 3.63) is 0 Å². The van der Waals surface area contributed by atoms with E-state index in [0.29, 0.717) is 12.2 Å². The van der Waals surface area contributed by atoms with E-state index in [9.17, 15) is 0 Å². The second kappa shape index (κ2) is 5.41. The third-order valence-corrected chi connectivity index (χ3v) is 0.682. The minimum absolute atomic E-state index is 0. The van der Waals surface area contributed by atoms with E-state index in [1.807, 2.05) is 13.8 Å². The molecule has 0 unspecified atom stereocenters. The minimum Gasteiger partial charge on any atom is -0.427 e. The summed E-state index contributed by atoms with van der Waals surface area (Å²) in [6, 6.07) is 0. The average molecular weight is 138 g/mol. The molecular formula is C4H12BClO2. The lowest BCUT2D eigenvalue weighted by atomic mass is 9.80. The third kappa shape index (κ3) is 9.55. The molecule has 4 heteroatoms. The third-order valence-electron chi connectivity index (χ3n) is 0.682. The number of halogens is 1. The predicted molar refractivity (Wildman–Crippen MR) is 37.1 cm³/mol. The monoisotopic (exact) mass is 138 g/mol. The molecule has 0 aromatic heterocycles. The van der Waals surface area contributed by atoms with E-state index >= 15 is 0 Å². The maximum atomic E-state index is 8.28. The molecule has 0 aliphatic rings. The van der Waals surface area contributed by atoms with Crippen LogP contribution in [0.4, 0.5) is 0 Å². The van der Waals surface area contributed by atoms with Gasteiger partial charge in [0.05, 0.1) is 0 Å². The molecule has 50 valence electrons. The lowest BCUT2D eigenvalue weighted by Gasteiger charge is -1.99. The summed E-state index contributed by atoms with van der Waals surface area (Å²) < 4.78 is 0. The number of hydrogen-bond donors (Lipinski definition) is 2. The molecule has 0 radical (unpaired) electrons. The second-order valence-corrected chi connectivity index (χ2v) is 2.11. The van der Waals surface area contributed by atoms with Crippen molar-refractivity contribution in [3.8, 4) is 0 Å². The van der Waals surface area contributed by atoms with Crippen LogP contribution in [0.1, 0.15) is 13.8 Å². The summed E-state index contributed by atoms with van der Waals surface area (Å²) in [5.74, 6) is 0.375. The standard InChI is InChI=1S/C4H11BO2.ClH/c1-4(2)3-5(6)7;/h4,6-7H,3H2,1-2H3;1H. The Bertz CT molecular complexity index is 43.3. The van der Waals surface area contributed by atoms with E-state index in [1.54, 1.807) is 0 Å². The average Bonchev–Trinajstić information content (AvgIpc) is 1.27. The van der Waals surface area contributed by atoms with Crippen LogP contribution in [-0.4, -0.2) is 17.2 Å². The van der Waals surface area contributed by atoms with Gasteiger partial charge in [-0.3, -0.25) is 0 Å². The van der Waals surface area contributed by atoms with Gasteiger partial charge in [0.1, 0.15) is 0 Å². The highest BCUT2D eigenvalue weighted by Gasteiger charge is 2.07. The second-order valence-electron chi connectivity index (χ2n) is 2.11. The lowest BCUT2D eigenvalue weighted by molar-refractivity contribution is 0.394. The molecule has 8 heavy (non-hydrogen) atoms. The number of rotatable bonds is 2. The topological polar surface area (TPSA) is 40.5 Å². The van der Waals surface area contributed by atoms with Crippen LogP contribution in [0.15, 0.2) is 0 Å². The van der Waals surface area contributed by atoms with Gasteiger partial charge in [-0.25, -0.2) is 0 Å². The van der Waals surface area contributed by atoms with Crippen molar-refractivity contribution < 1.29 is 10.0 Å². The van der Waals surface area contributed by atoms with E-state index in [2.05, 4.69) is 0 Å². The zero-order valence-corrected chi connectivity index (χ0v) is 5.98. The zero-order valence-electron chi connectivity index (χ0n) is 5.16. The van der Waals surface area contributed by atoms with Gasteiger partial charge < -0.3 is 10.0 Å². The normalized spacial score (nSPS) is 8.62. The van der Waals surface area contributed by atoms with Crippen molar-refractivity contribution >= 4 is 19.5 Å². The largest absolute Gasteiger partial charge is 0.451 e. The van der Waals surface area contributed by atoms with Crippen LogP contribution in [0.5, 0.6) is 0 Å². The fourth-order valence-corrected chi connectivity index (χ4v) is 0.422. The molecule has 0 saturated carbocycles. The van der Waals surface area contributed by atoms with Crippen molar-refractivity contribution in [3.63, 3.8) is 0 Å². The van der Waals surface area contributed by atoms with Crippen LogP contribution in [0.2, 0.25) is 6.32 Å². The van der Waals surface area contributed by atoms with Gasteiger partial charge in [-0.05, 0) is 12.2 Å². The van der Waals surface area contributed by atoms with Crippen LogP contribution >= 0.6 is 12.4 Å². The molecule has 0 aliphatic carbocycles. The van der Waals surface area contributed by atoms with Gasteiger partial charge in [-0.15, -0.1) is 12.4 Å². The summed E-state index contributed by atoms with van der Waals surface area (Å²) >= 11 is 0. The molecule has 2 nitrogen and oxygen atoms in total. The van der Waals surface area contributed by atoms with Gasteiger partial charge in [0.15, 0.2) is 0 Å². The summed E-state index contributed by atoms with van der Waals surface area (Å²) in [6.45, 7) is 3.89. The Morgan fingerprint density at radius 3 is 1.75 bits per heavy atom. The minimum atomic E-state index is -1.13. The molecule has 0 amide bonds.